The molecular formula is C14H18N2O3S. The van der Waals surface area contributed by atoms with Crippen LogP contribution in [-0.4, -0.2) is 30.4 Å². The van der Waals surface area contributed by atoms with Gasteiger partial charge in [-0.15, -0.1) is 11.3 Å². The van der Waals surface area contributed by atoms with Crippen LogP contribution < -0.4 is 14.8 Å². The van der Waals surface area contributed by atoms with E-state index in [4.69, 9.17) is 14.6 Å². The quantitative estimate of drug-likeness (QED) is 0.821. The number of anilines is 1. The van der Waals surface area contributed by atoms with Gasteiger partial charge in [-0.25, -0.2) is 4.98 Å². The molecule has 0 atom stereocenters. The number of hydrogen-bond donors (Lipinski definition) is 2. The summed E-state index contributed by atoms with van der Waals surface area (Å²) < 4.78 is 10.7. The molecule has 0 aliphatic carbocycles. The Labute approximate surface area is 122 Å². The Balaban J connectivity index is 2.03. The van der Waals surface area contributed by atoms with Crippen molar-refractivity contribution in [3.05, 3.63) is 34.3 Å². The molecule has 1 aromatic heterocycles. The number of aromatic nitrogens is 1. The fourth-order valence-electron chi connectivity index (χ4n) is 1.74. The average molecular weight is 294 g/mol. The van der Waals surface area contributed by atoms with Gasteiger partial charge in [0.15, 0.2) is 11.5 Å². The standard InChI is InChI=1S/C14H18N2O3S/c1-10-16-12(9-20-10)8-15-11-3-4-13(18-2)14(7-11)19-6-5-17/h3-4,7,9,15,17H,5-6,8H2,1-2H3. The lowest BCUT2D eigenvalue weighted by Crippen LogP contribution is -2.04. The van der Waals surface area contributed by atoms with Crippen molar-refractivity contribution in [1.82, 2.24) is 4.98 Å². The molecule has 0 spiro atoms. The van der Waals surface area contributed by atoms with Crippen molar-refractivity contribution >= 4 is 17.0 Å². The Morgan fingerprint density at radius 1 is 1.35 bits per heavy atom. The zero-order chi connectivity index (χ0) is 14.4. The van der Waals surface area contributed by atoms with E-state index in [2.05, 4.69) is 10.3 Å². The lowest BCUT2D eigenvalue weighted by Gasteiger charge is -2.12. The maximum atomic E-state index is 8.83. The van der Waals surface area contributed by atoms with E-state index in [9.17, 15) is 0 Å². The van der Waals surface area contributed by atoms with E-state index in [1.165, 1.54) is 0 Å². The van der Waals surface area contributed by atoms with Gasteiger partial charge in [0.05, 0.1) is 31.0 Å². The van der Waals surface area contributed by atoms with Crippen LogP contribution in [0.4, 0.5) is 5.69 Å². The van der Waals surface area contributed by atoms with E-state index in [0.717, 1.165) is 16.4 Å². The smallest absolute Gasteiger partial charge is 0.163 e. The first-order valence-corrected chi connectivity index (χ1v) is 7.17. The molecule has 0 aliphatic rings. The van der Waals surface area contributed by atoms with Crippen LogP contribution in [0.2, 0.25) is 0 Å². The van der Waals surface area contributed by atoms with Crippen LogP contribution in [-0.2, 0) is 6.54 Å². The van der Waals surface area contributed by atoms with E-state index in [0.29, 0.717) is 18.0 Å². The third-order valence-electron chi connectivity index (χ3n) is 2.65. The van der Waals surface area contributed by atoms with Crippen molar-refractivity contribution in [3.63, 3.8) is 0 Å². The second-order valence-electron chi connectivity index (χ2n) is 4.15. The van der Waals surface area contributed by atoms with Gasteiger partial charge in [-0.3, -0.25) is 0 Å². The molecule has 20 heavy (non-hydrogen) atoms. The normalized spacial score (nSPS) is 10.3. The lowest BCUT2D eigenvalue weighted by molar-refractivity contribution is 0.196. The van der Waals surface area contributed by atoms with Crippen molar-refractivity contribution in [2.24, 2.45) is 0 Å². The molecule has 1 heterocycles. The summed E-state index contributed by atoms with van der Waals surface area (Å²) in [6.07, 6.45) is 0. The average Bonchev–Trinajstić information content (AvgIpc) is 2.88. The van der Waals surface area contributed by atoms with Gasteiger partial charge in [-0.2, -0.15) is 0 Å². The van der Waals surface area contributed by atoms with Crippen LogP contribution in [0.25, 0.3) is 0 Å². The summed E-state index contributed by atoms with van der Waals surface area (Å²) in [5.74, 6) is 1.26. The topological polar surface area (TPSA) is 63.6 Å². The number of methoxy groups -OCH3 is 1. The Morgan fingerprint density at radius 3 is 2.85 bits per heavy atom. The van der Waals surface area contributed by atoms with Crippen LogP contribution in [0.1, 0.15) is 10.7 Å². The summed E-state index contributed by atoms with van der Waals surface area (Å²) in [6, 6.07) is 5.61. The number of nitrogens with one attached hydrogen (secondary N) is 1. The minimum Gasteiger partial charge on any atom is -0.493 e. The molecule has 0 saturated heterocycles. The number of aliphatic hydroxyl groups is 1. The van der Waals surface area contributed by atoms with Crippen LogP contribution in [0, 0.1) is 6.92 Å². The second-order valence-corrected chi connectivity index (χ2v) is 5.21. The Hall–Kier alpha value is -1.79. The highest BCUT2D eigenvalue weighted by Crippen LogP contribution is 2.30. The largest absolute Gasteiger partial charge is 0.493 e. The number of aryl methyl sites for hydroxylation is 1. The number of benzene rings is 1. The van der Waals surface area contributed by atoms with Crippen LogP contribution >= 0.6 is 11.3 Å². The number of ether oxygens (including phenoxy) is 2. The fraction of sp³-hybridized carbons (Fsp3) is 0.357. The predicted octanol–water partition coefficient (Wildman–Crippen LogP) is 2.44. The van der Waals surface area contributed by atoms with E-state index >= 15 is 0 Å². The molecule has 6 heteroatoms. The van der Waals surface area contributed by atoms with Gasteiger partial charge >= 0.3 is 0 Å². The molecule has 0 radical (unpaired) electrons. The SMILES string of the molecule is COc1ccc(NCc2csc(C)n2)cc1OCCO. The predicted molar refractivity (Wildman–Crippen MR) is 79.8 cm³/mol. The molecular weight excluding hydrogens is 276 g/mol. The molecule has 0 saturated carbocycles. The van der Waals surface area contributed by atoms with Crippen LogP contribution in [0.3, 0.4) is 0 Å². The first-order valence-electron chi connectivity index (χ1n) is 6.29. The van der Waals surface area contributed by atoms with E-state index in [1.807, 2.05) is 30.5 Å². The minimum absolute atomic E-state index is 0.0289. The first-order chi connectivity index (χ1) is 9.72. The van der Waals surface area contributed by atoms with Crippen LogP contribution in [0.5, 0.6) is 11.5 Å². The number of rotatable bonds is 7. The highest BCUT2D eigenvalue weighted by molar-refractivity contribution is 7.09. The Bertz CT molecular complexity index is 557. The molecule has 108 valence electrons. The van der Waals surface area contributed by atoms with Crippen molar-refractivity contribution in [1.29, 1.82) is 0 Å². The van der Waals surface area contributed by atoms with Crippen LogP contribution in [0.15, 0.2) is 23.6 Å². The Kier molecular flexibility index (Phi) is 5.20. The summed E-state index contributed by atoms with van der Waals surface area (Å²) in [4.78, 5) is 4.40. The molecule has 0 bridgehead atoms. The minimum atomic E-state index is -0.0289. The van der Waals surface area contributed by atoms with Gasteiger partial charge in [-0.05, 0) is 19.1 Å². The molecule has 5 nitrogen and oxygen atoms in total. The van der Waals surface area contributed by atoms with Gasteiger partial charge in [0.25, 0.3) is 0 Å². The van der Waals surface area contributed by atoms with Gasteiger partial charge in [0.2, 0.25) is 0 Å². The highest BCUT2D eigenvalue weighted by Gasteiger charge is 2.06. The van der Waals surface area contributed by atoms with E-state index in [-0.39, 0.29) is 13.2 Å². The monoisotopic (exact) mass is 294 g/mol. The van der Waals surface area contributed by atoms with Gasteiger partial charge in [0.1, 0.15) is 6.61 Å². The van der Waals surface area contributed by atoms with Crippen molar-refractivity contribution in [2.45, 2.75) is 13.5 Å². The molecule has 2 aromatic rings. The number of thiazole rings is 1. The highest BCUT2D eigenvalue weighted by atomic mass is 32.1. The fourth-order valence-corrected chi connectivity index (χ4v) is 2.35. The van der Waals surface area contributed by atoms with Gasteiger partial charge in [0, 0.05) is 17.1 Å². The summed E-state index contributed by atoms with van der Waals surface area (Å²) in [7, 11) is 1.59. The third-order valence-corrected chi connectivity index (χ3v) is 3.48. The summed E-state index contributed by atoms with van der Waals surface area (Å²) >= 11 is 1.64. The molecule has 1 aromatic carbocycles. The summed E-state index contributed by atoms with van der Waals surface area (Å²) in [5.41, 5.74) is 1.94. The second kappa shape index (κ2) is 7.12. The maximum Gasteiger partial charge on any atom is 0.163 e. The van der Waals surface area contributed by atoms with Crippen molar-refractivity contribution < 1.29 is 14.6 Å². The molecule has 2 N–H and O–H groups in total. The van der Waals surface area contributed by atoms with E-state index < -0.39 is 0 Å². The van der Waals surface area contributed by atoms with Crippen molar-refractivity contribution in [3.8, 4) is 11.5 Å². The number of hydrogen-bond acceptors (Lipinski definition) is 6. The van der Waals surface area contributed by atoms with E-state index in [1.54, 1.807) is 18.4 Å². The lowest BCUT2D eigenvalue weighted by atomic mass is 10.2. The van der Waals surface area contributed by atoms with Crippen molar-refractivity contribution in [2.75, 3.05) is 25.6 Å². The summed E-state index contributed by atoms with van der Waals surface area (Å²) in [6.45, 7) is 2.86. The first kappa shape index (κ1) is 14.6. The summed E-state index contributed by atoms with van der Waals surface area (Å²) in [5, 5.41) is 15.2. The van der Waals surface area contributed by atoms with Gasteiger partial charge < -0.3 is 19.9 Å². The number of nitrogens with zero attached hydrogens (tertiary/aromatic N) is 1. The third kappa shape index (κ3) is 3.85. The van der Waals surface area contributed by atoms with Gasteiger partial charge in [-0.1, -0.05) is 0 Å². The molecule has 0 amide bonds. The molecule has 2 rings (SSSR count). The zero-order valence-electron chi connectivity index (χ0n) is 11.5. The molecule has 0 unspecified atom stereocenters. The molecule has 0 aliphatic heterocycles. The maximum absolute atomic E-state index is 8.83. The number of aliphatic hydroxyl groups excluding tert-OH is 1. The molecule has 0 fully saturated rings. The zero-order valence-corrected chi connectivity index (χ0v) is 12.4. The Morgan fingerprint density at radius 2 is 2.20 bits per heavy atom.